The summed E-state index contributed by atoms with van der Waals surface area (Å²) in [5.74, 6) is -0.849. The van der Waals surface area contributed by atoms with Gasteiger partial charge in [0.05, 0.1) is 12.6 Å². The van der Waals surface area contributed by atoms with Gasteiger partial charge in [-0.3, -0.25) is 0 Å². The zero-order chi connectivity index (χ0) is 11.0. The highest BCUT2D eigenvalue weighted by Crippen LogP contribution is 2.24. The molecule has 0 atom stereocenters. The van der Waals surface area contributed by atoms with E-state index in [4.69, 9.17) is 0 Å². The number of hydrogen-bond acceptors (Lipinski definition) is 2. The first-order chi connectivity index (χ1) is 7.13. The third kappa shape index (κ3) is 1.71. The van der Waals surface area contributed by atoms with E-state index < -0.39 is 5.97 Å². The van der Waals surface area contributed by atoms with E-state index in [1.54, 1.807) is 6.07 Å². The Kier molecular flexibility index (Phi) is 2.64. The Morgan fingerprint density at radius 1 is 1.53 bits per heavy atom. The van der Waals surface area contributed by atoms with Gasteiger partial charge in [0.25, 0.3) is 0 Å². The van der Waals surface area contributed by atoms with Crippen LogP contribution in [0, 0.1) is 9.39 Å². The molecule has 78 valence electrons. The third-order valence-corrected chi connectivity index (χ3v) is 2.99. The predicted molar refractivity (Wildman–Crippen MR) is 62.3 cm³/mol. The summed E-state index contributed by atoms with van der Waals surface area (Å²) in [6.45, 7) is 0. The van der Waals surface area contributed by atoms with Gasteiger partial charge in [0, 0.05) is 8.96 Å². The molecule has 0 unspecified atom stereocenters. The average Bonchev–Trinajstić information content (AvgIpc) is 2.68. The summed E-state index contributed by atoms with van der Waals surface area (Å²) in [5, 5.41) is 0.405. The monoisotopic (exact) mass is 319 g/mol. The van der Waals surface area contributed by atoms with Crippen molar-refractivity contribution in [2.75, 3.05) is 7.11 Å². The van der Waals surface area contributed by atoms with Gasteiger partial charge in [0.15, 0.2) is 0 Å². The smallest absolute Gasteiger partial charge is 0.354 e. The Bertz CT molecular complexity index is 496. The number of rotatable bonds is 1. The van der Waals surface area contributed by atoms with Gasteiger partial charge in [0.2, 0.25) is 0 Å². The number of aromatic nitrogens is 1. The van der Waals surface area contributed by atoms with Crippen LogP contribution in [0.25, 0.3) is 10.9 Å². The topological polar surface area (TPSA) is 42.1 Å². The van der Waals surface area contributed by atoms with Crippen LogP contribution in [0.15, 0.2) is 18.2 Å². The van der Waals surface area contributed by atoms with E-state index >= 15 is 0 Å². The fourth-order valence-corrected chi connectivity index (χ4v) is 1.98. The highest BCUT2D eigenvalue weighted by molar-refractivity contribution is 14.1. The second-order valence-corrected chi connectivity index (χ2v) is 4.15. The van der Waals surface area contributed by atoms with E-state index in [0.717, 1.165) is 3.57 Å². The number of hydrogen-bond donors (Lipinski definition) is 1. The van der Waals surface area contributed by atoms with Crippen LogP contribution in [0.3, 0.4) is 0 Å². The van der Waals surface area contributed by atoms with Crippen molar-refractivity contribution in [1.29, 1.82) is 0 Å². The summed E-state index contributed by atoms with van der Waals surface area (Å²) in [6, 6.07) is 4.48. The van der Waals surface area contributed by atoms with Crippen molar-refractivity contribution in [2.45, 2.75) is 0 Å². The predicted octanol–water partition coefficient (Wildman–Crippen LogP) is 2.70. The molecule has 2 aromatic rings. The molecule has 0 spiro atoms. The number of nitrogens with one attached hydrogen (secondary N) is 1. The molecule has 1 heterocycles. The van der Waals surface area contributed by atoms with Gasteiger partial charge < -0.3 is 9.72 Å². The van der Waals surface area contributed by atoms with Gasteiger partial charge in [0.1, 0.15) is 11.5 Å². The number of ether oxygens (including phenoxy) is 1. The molecule has 0 saturated carbocycles. The van der Waals surface area contributed by atoms with Crippen LogP contribution in [-0.2, 0) is 4.74 Å². The molecular formula is C10H7FINO2. The van der Waals surface area contributed by atoms with Crippen LogP contribution >= 0.6 is 22.6 Å². The number of esters is 1. The van der Waals surface area contributed by atoms with Gasteiger partial charge in [-0.15, -0.1) is 0 Å². The van der Waals surface area contributed by atoms with Crippen molar-refractivity contribution in [1.82, 2.24) is 4.98 Å². The number of fused-ring (bicyclic) bond motifs is 1. The molecule has 0 fully saturated rings. The maximum absolute atomic E-state index is 13.4. The summed E-state index contributed by atoms with van der Waals surface area (Å²) >= 11 is 2.07. The van der Waals surface area contributed by atoms with Crippen molar-refractivity contribution in [3.63, 3.8) is 0 Å². The zero-order valence-corrected chi connectivity index (χ0v) is 9.96. The van der Waals surface area contributed by atoms with Crippen molar-refractivity contribution >= 4 is 39.5 Å². The first-order valence-electron chi connectivity index (χ1n) is 4.18. The van der Waals surface area contributed by atoms with Crippen molar-refractivity contribution in [3.05, 3.63) is 33.3 Å². The second-order valence-electron chi connectivity index (χ2n) is 2.99. The van der Waals surface area contributed by atoms with Crippen molar-refractivity contribution in [3.8, 4) is 0 Å². The molecule has 0 amide bonds. The van der Waals surface area contributed by atoms with Crippen LogP contribution in [0.4, 0.5) is 4.39 Å². The average molecular weight is 319 g/mol. The highest BCUT2D eigenvalue weighted by atomic mass is 127. The quantitative estimate of drug-likeness (QED) is 0.649. The number of carbonyl (C=O) groups is 1. The van der Waals surface area contributed by atoms with Gasteiger partial charge in [-0.05, 0) is 40.8 Å². The van der Waals surface area contributed by atoms with E-state index in [1.807, 2.05) is 0 Å². The molecule has 5 heteroatoms. The van der Waals surface area contributed by atoms with Crippen molar-refractivity contribution in [2.24, 2.45) is 0 Å². The van der Waals surface area contributed by atoms with E-state index in [1.165, 1.54) is 19.2 Å². The minimum atomic E-state index is -0.499. The minimum Gasteiger partial charge on any atom is -0.464 e. The normalized spacial score (nSPS) is 10.6. The lowest BCUT2D eigenvalue weighted by Gasteiger charge is -1.94. The highest BCUT2D eigenvalue weighted by Gasteiger charge is 2.13. The van der Waals surface area contributed by atoms with Crippen LogP contribution in [0.2, 0.25) is 0 Å². The van der Waals surface area contributed by atoms with E-state index in [2.05, 4.69) is 32.3 Å². The maximum atomic E-state index is 13.4. The summed E-state index contributed by atoms with van der Waals surface area (Å²) < 4.78 is 18.8. The fourth-order valence-electron chi connectivity index (χ4n) is 1.37. The first-order valence-corrected chi connectivity index (χ1v) is 5.26. The molecule has 0 bridgehead atoms. The largest absolute Gasteiger partial charge is 0.464 e. The lowest BCUT2D eigenvalue weighted by Crippen LogP contribution is -2.00. The van der Waals surface area contributed by atoms with Crippen LogP contribution in [0.5, 0.6) is 0 Å². The van der Waals surface area contributed by atoms with Gasteiger partial charge in [-0.25, -0.2) is 9.18 Å². The van der Waals surface area contributed by atoms with E-state index in [9.17, 15) is 9.18 Å². The molecule has 1 aromatic carbocycles. The Labute approximate surface area is 98.8 Å². The number of halogens is 2. The Hall–Kier alpha value is -1.11. The number of methoxy groups -OCH3 is 1. The number of benzene rings is 1. The number of carbonyl (C=O) groups excluding carboxylic acids is 1. The van der Waals surface area contributed by atoms with Crippen molar-refractivity contribution < 1.29 is 13.9 Å². The minimum absolute atomic E-state index is 0.260. The molecule has 1 aromatic heterocycles. The molecule has 2 rings (SSSR count). The third-order valence-electron chi connectivity index (χ3n) is 2.10. The summed E-state index contributed by atoms with van der Waals surface area (Å²) in [5.41, 5.74) is 0.881. The number of H-pyrrole nitrogens is 1. The maximum Gasteiger partial charge on any atom is 0.354 e. The Morgan fingerprint density at radius 2 is 2.27 bits per heavy atom. The van der Waals surface area contributed by atoms with Gasteiger partial charge in [-0.1, -0.05) is 0 Å². The number of aromatic amines is 1. The molecular weight excluding hydrogens is 312 g/mol. The summed E-state index contributed by atoms with van der Waals surface area (Å²) in [4.78, 5) is 14.1. The lowest BCUT2D eigenvalue weighted by molar-refractivity contribution is 0.0595. The lowest BCUT2D eigenvalue weighted by atomic mass is 10.2. The van der Waals surface area contributed by atoms with Gasteiger partial charge >= 0.3 is 5.97 Å². The molecule has 15 heavy (non-hydrogen) atoms. The van der Waals surface area contributed by atoms with Crippen LogP contribution in [-0.4, -0.2) is 18.1 Å². The standard InChI is InChI=1S/C10H7FINO2/c1-15-10(14)8-4-5-6(11)2-3-7(12)9(5)13-8/h2-4,13H,1H3. The zero-order valence-electron chi connectivity index (χ0n) is 7.80. The molecule has 0 aliphatic heterocycles. The van der Waals surface area contributed by atoms with Crippen LogP contribution in [0.1, 0.15) is 10.5 Å². The first kappa shape index (κ1) is 10.4. The molecule has 0 saturated heterocycles. The SMILES string of the molecule is COC(=O)c1cc2c(F)ccc(I)c2[nH]1. The molecule has 3 nitrogen and oxygen atoms in total. The van der Waals surface area contributed by atoms with E-state index in [0.29, 0.717) is 10.9 Å². The Balaban J connectivity index is 2.70. The molecule has 1 N–H and O–H groups in total. The molecule has 0 radical (unpaired) electrons. The fraction of sp³-hybridized carbons (Fsp3) is 0.100. The summed E-state index contributed by atoms with van der Waals surface area (Å²) in [6.07, 6.45) is 0. The summed E-state index contributed by atoms with van der Waals surface area (Å²) in [7, 11) is 1.29. The molecule has 0 aliphatic rings. The molecule has 0 aliphatic carbocycles. The Morgan fingerprint density at radius 3 is 2.87 bits per heavy atom. The second kappa shape index (κ2) is 3.80. The van der Waals surface area contributed by atoms with Gasteiger partial charge in [-0.2, -0.15) is 0 Å². The van der Waals surface area contributed by atoms with E-state index in [-0.39, 0.29) is 11.5 Å². The van der Waals surface area contributed by atoms with Crippen LogP contribution < -0.4 is 0 Å².